The Kier molecular flexibility index (Phi) is 4.25. The lowest BCUT2D eigenvalue weighted by Crippen LogP contribution is -2.11. The van der Waals surface area contributed by atoms with Gasteiger partial charge in [-0.25, -0.2) is 4.98 Å². The average molecular weight is 431 g/mol. The average Bonchev–Trinajstić information content (AvgIpc) is 3.37. The van der Waals surface area contributed by atoms with Crippen LogP contribution < -0.4 is 0 Å². The fourth-order valence-electron chi connectivity index (χ4n) is 4.81. The fourth-order valence-corrected chi connectivity index (χ4v) is 4.81. The van der Waals surface area contributed by atoms with Crippen molar-refractivity contribution in [2.24, 2.45) is 0 Å². The number of aromatic nitrogens is 2. The smallest absolute Gasteiger partial charge is 0.227 e. The highest BCUT2D eigenvalue weighted by atomic mass is 16.3. The van der Waals surface area contributed by atoms with E-state index in [2.05, 4.69) is 117 Å². The van der Waals surface area contributed by atoms with Crippen molar-refractivity contribution in [2.45, 2.75) is 33.1 Å². The van der Waals surface area contributed by atoms with Gasteiger partial charge < -0.3 is 8.98 Å². The van der Waals surface area contributed by atoms with Crippen molar-refractivity contribution in [3.8, 4) is 17.1 Å². The molecule has 0 fully saturated rings. The van der Waals surface area contributed by atoms with Crippen LogP contribution in [0.5, 0.6) is 0 Å². The van der Waals surface area contributed by atoms with Gasteiger partial charge in [-0.3, -0.25) is 0 Å². The van der Waals surface area contributed by atoms with Gasteiger partial charge in [0.05, 0.1) is 11.0 Å². The molecule has 2 aromatic heterocycles. The molecule has 3 nitrogen and oxygen atoms in total. The molecule has 6 rings (SSSR count). The molecule has 2 heterocycles. The Labute approximate surface area is 193 Å². The van der Waals surface area contributed by atoms with E-state index in [1.54, 1.807) is 0 Å². The number of hydrogen-bond donors (Lipinski definition) is 0. The van der Waals surface area contributed by atoms with E-state index < -0.39 is 0 Å². The lowest BCUT2D eigenvalue weighted by atomic mass is 9.85. The van der Waals surface area contributed by atoms with E-state index in [0.717, 1.165) is 22.4 Å². The second-order valence-corrected chi connectivity index (χ2v) is 9.85. The topological polar surface area (TPSA) is 31.0 Å². The van der Waals surface area contributed by atoms with Crippen LogP contribution in [0.2, 0.25) is 0 Å². The van der Waals surface area contributed by atoms with Crippen LogP contribution >= 0.6 is 0 Å². The van der Waals surface area contributed by atoms with Crippen LogP contribution in [0, 0.1) is 6.92 Å². The number of hydrogen-bond acceptors (Lipinski definition) is 2. The molecular weight excluding hydrogens is 404 g/mol. The molecule has 4 aromatic carbocycles. The Hall–Kier alpha value is -3.85. The number of oxazole rings is 1. The van der Waals surface area contributed by atoms with Gasteiger partial charge in [-0.2, -0.15) is 0 Å². The van der Waals surface area contributed by atoms with Crippen molar-refractivity contribution >= 4 is 32.9 Å². The molecule has 0 bridgehead atoms. The number of aryl methyl sites for hydroxylation is 1. The van der Waals surface area contributed by atoms with Crippen molar-refractivity contribution in [3.63, 3.8) is 0 Å². The number of fused-ring (bicyclic) bond motifs is 4. The minimum Gasteiger partial charge on any atom is -0.436 e. The van der Waals surface area contributed by atoms with Gasteiger partial charge in [0.2, 0.25) is 5.89 Å². The molecule has 0 unspecified atom stereocenters. The Bertz CT molecular complexity index is 1590. The van der Waals surface area contributed by atoms with Crippen LogP contribution in [-0.4, -0.2) is 9.55 Å². The number of benzene rings is 4. The van der Waals surface area contributed by atoms with E-state index in [-0.39, 0.29) is 5.41 Å². The number of nitrogens with zero attached hydrogens (tertiary/aromatic N) is 2. The summed E-state index contributed by atoms with van der Waals surface area (Å²) in [7, 11) is 0. The third-order valence-corrected chi connectivity index (χ3v) is 6.39. The Morgan fingerprint density at radius 1 is 0.758 bits per heavy atom. The van der Waals surface area contributed by atoms with Crippen LogP contribution in [0.1, 0.15) is 31.9 Å². The monoisotopic (exact) mass is 430 g/mol. The van der Waals surface area contributed by atoms with Crippen molar-refractivity contribution in [1.82, 2.24) is 9.55 Å². The second kappa shape index (κ2) is 7.08. The lowest BCUT2D eigenvalue weighted by molar-refractivity contribution is 0.561. The first-order chi connectivity index (χ1) is 15.9. The quantitative estimate of drug-likeness (QED) is 0.277. The first-order valence-corrected chi connectivity index (χ1v) is 11.4. The van der Waals surface area contributed by atoms with Crippen LogP contribution in [-0.2, 0) is 5.41 Å². The summed E-state index contributed by atoms with van der Waals surface area (Å²) in [6, 6.07) is 30.0. The molecule has 0 atom stereocenters. The van der Waals surface area contributed by atoms with Crippen molar-refractivity contribution in [3.05, 3.63) is 96.1 Å². The highest BCUT2D eigenvalue weighted by molar-refractivity contribution is 6.09. The maximum absolute atomic E-state index is 6.32. The molecule has 3 heteroatoms. The molecule has 33 heavy (non-hydrogen) atoms. The van der Waals surface area contributed by atoms with Gasteiger partial charge in [0, 0.05) is 27.6 Å². The molecule has 0 saturated heterocycles. The van der Waals surface area contributed by atoms with Crippen molar-refractivity contribution < 1.29 is 4.42 Å². The van der Waals surface area contributed by atoms with E-state index in [4.69, 9.17) is 9.40 Å². The minimum absolute atomic E-state index is 0.0124. The maximum atomic E-state index is 6.32. The summed E-state index contributed by atoms with van der Waals surface area (Å²) >= 11 is 0. The molecule has 162 valence electrons. The van der Waals surface area contributed by atoms with Crippen molar-refractivity contribution in [1.29, 1.82) is 0 Å². The lowest BCUT2D eigenvalue weighted by Gasteiger charge is -2.19. The van der Waals surface area contributed by atoms with E-state index in [0.29, 0.717) is 5.89 Å². The molecule has 0 radical (unpaired) electrons. The molecule has 0 aliphatic rings. The molecule has 0 N–H and O–H groups in total. The summed E-state index contributed by atoms with van der Waals surface area (Å²) in [6.07, 6.45) is 0. The number of rotatable bonds is 2. The molecule has 0 saturated carbocycles. The SMILES string of the molecule is Cc1cc(C(C)(C)C)c2oc(-c3ccc(-n4c5ccccc5c5ccccc54)cc3)nc2c1. The Balaban J connectivity index is 1.48. The number of para-hydroxylation sites is 2. The fraction of sp³-hybridized carbons (Fsp3) is 0.167. The Morgan fingerprint density at radius 3 is 1.97 bits per heavy atom. The normalized spacial score (nSPS) is 12.2. The summed E-state index contributed by atoms with van der Waals surface area (Å²) in [6.45, 7) is 8.75. The van der Waals surface area contributed by atoms with Gasteiger partial charge in [-0.05, 0) is 60.4 Å². The maximum Gasteiger partial charge on any atom is 0.227 e. The van der Waals surface area contributed by atoms with E-state index in [1.807, 2.05) is 0 Å². The summed E-state index contributed by atoms with van der Waals surface area (Å²) in [5, 5.41) is 2.53. The Morgan fingerprint density at radius 2 is 1.36 bits per heavy atom. The molecule has 0 aliphatic carbocycles. The van der Waals surface area contributed by atoms with Crippen LogP contribution in [0.4, 0.5) is 0 Å². The highest BCUT2D eigenvalue weighted by Crippen LogP contribution is 2.35. The summed E-state index contributed by atoms with van der Waals surface area (Å²) in [5.74, 6) is 0.662. The van der Waals surface area contributed by atoms with Gasteiger partial charge in [0.25, 0.3) is 0 Å². The van der Waals surface area contributed by atoms with E-state index >= 15 is 0 Å². The van der Waals surface area contributed by atoms with Gasteiger partial charge in [0.15, 0.2) is 5.58 Å². The third-order valence-electron chi connectivity index (χ3n) is 6.39. The predicted molar refractivity (Wildman–Crippen MR) is 137 cm³/mol. The predicted octanol–water partition coefficient (Wildman–Crippen LogP) is 8.20. The first kappa shape index (κ1) is 19.8. The molecule has 0 amide bonds. The summed E-state index contributed by atoms with van der Waals surface area (Å²) < 4.78 is 8.64. The van der Waals surface area contributed by atoms with Crippen LogP contribution in [0.3, 0.4) is 0 Å². The first-order valence-electron chi connectivity index (χ1n) is 11.4. The van der Waals surface area contributed by atoms with Gasteiger partial charge in [-0.1, -0.05) is 63.2 Å². The van der Waals surface area contributed by atoms with Crippen LogP contribution in [0.25, 0.3) is 50.0 Å². The van der Waals surface area contributed by atoms with Crippen LogP contribution in [0.15, 0.2) is 89.3 Å². The minimum atomic E-state index is -0.0124. The zero-order valence-electron chi connectivity index (χ0n) is 19.4. The van der Waals surface area contributed by atoms with Crippen molar-refractivity contribution in [2.75, 3.05) is 0 Å². The standard InChI is InChI=1S/C30H26N2O/c1-19-17-24(30(2,3)4)28-25(18-19)31-29(33-28)20-13-15-21(16-14-20)32-26-11-7-5-9-22(26)23-10-6-8-12-27(23)32/h5-18H,1-4H3. The van der Waals surface area contributed by atoms with Gasteiger partial charge in [0.1, 0.15) is 5.52 Å². The molecular formula is C30H26N2O. The highest BCUT2D eigenvalue weighted by Gasteiger charge is 2.22. The second-order valence-electron chi connectivity index (χ2n) is 9.85. The molecule has 0 aliphatic heterocycles. The molecule has 0 spiro atoms. The zero-order valence-corrected chi connectivity index (χ0v) is 19.4. The van der Waals surface area contributed by atoms with E-state index in [9.17, 15) is 0 Å². The summed E-state index contributed by atoms with van der Waals surface area (Å²) in [5.41, 5.74) is 8.70. The summed E-state index contributed by atoms with van der Waals surface area (Å²) in [4.78, 5) is 4.84. The van der Waals surface area contributed by atoms with Gasteiger partial charge in [-0.15, -0.1) is 0 Å². The zero-order chi connectivity index (χ0) is 22.7. The largest absolute Gasteiger partial charge is 0.436 e. The van der Waals surface area contributed by atoms with E-state index in [1.165, 1.54) is 32.9 Å². The molecule has 6 aromatic rings. The van der Waals surface area contributed by atoms with Gasteiger partial charge >= 0.3 is 0 Å². The third kappa shape index (κ3) is 3.15.